The van der Waals surface area contributed by atoms with Crippen LogP contribution in [-0.4, -0.2) is 20.5 Å². The molecule has 13 heavy (non-hydrogen) atoms. The summed E-state index contributed by atoms with van der Waals surface area (Å²) in [6.45, 7) is 5.68. The molecule has 1 aromatic rings. The van der Waals surface area contributed by atoms with Crippen LogP contribution in [0.4, 0.5) is 5.69 Å². The van der Waals surface area contributed by atoms with Gasteiger partial charge in [0.15, 0.2) is 5.76 Å². The van der Waals surface area contributed by atoms with E-state index in [1.165, 1.54) is 4.31 Å². The third-order valence-corrected chi connectivity index (χ3v) is 2.54. The molecule has 0 saturated heterocycles. The van der Waals surface area contributed by atoms with Crippen LogP contribution in [0.5, 0.6) is 0 Å². The second-order valence-electron chi connectivity index (χ2n) is 2.60. The summed E-state index contributed by atoms with van der Waals surface area (Å²) >= 11 is -2.02. The fourth-order valence-corrected chi connectivity index (χ4v) is 1.82. The van der Waals surface area contributed by atoms with Gasteiger partial charge >= 0.3 is 0 Å². The summed E-state index contributed by atoms with van der Waals surface area (Å²) in [5.41, 5.74) is 1.23. The lowest BCUT2D eigenvalue weighted by molar-refractivity contribution is 0.393. The van der Waals surface area contributed by atoms with E-state index >= 15 is 0 Å². The number of nitrogens with zero attached hydrogens (tertiary/aromatic N) is 2. The van der Waals surface area contributed by atoms with Crippen molar-refractivity contribution in [3.8, 4) is 0 Å². The van der Waals surface area contributed by atoms with E-state index in [0.717, 1.165) is 0 Å². The number of rotatable bonds is 3. The van der Waals surface area contributed by atoms with Crippen LogP contribution in [0.25, 0.3) is 0 Å². The van der Waals surface area contributed by atoms with Crippen molar-refractivity contribution in [3.05, 3.63) is 11.5 Å². The van der Waals surface area contributed by atoms with Crippen molar-refractivity contribution in [2.75, 3.05) is 10.8 Å². The number of hydrogen-bond donors (Lipinski definition) is 1. The van der Waals surface area contributed by atoms with E-state index < -0.39 is 11.3 Å². The number of aromatic nitrogens is 1. The van der Waals surface area contributed by atoms with E-state index in [0.29, 0.717) is 23.7 Å². The van der Waals surface area contributed by atoms with Crippen molar-refractivity contribution >= 4 is 17.0 Å². The standard InChI is InChI=1S/C7H12N2O3S/c1-4-9(13(10)11)7-5(2)8-12-6(7)3/h4H2,1-3H3,(H,10,11). The Morgan fingerprint density at radius 1 is 1.62 bits per heavy atom. The third-order valence-electron chi connectivity index (χ3n) is 1.72. The Kier molecular flexibility index (Phi) is 3.05. The van der Waals surface area contributed by atoms with Gasteiger partial charge in [0.2, 0.25) is 0 Å². The maximum Gasteiger partial charge on any atom is 0.261 e. The Morgan fingerprint density at radius 2 is 2.23 bits per heavy atom. The number of aryl methyl sites for hydroxylation is 2. The van der Waals surface area contributed by atoms with Crippen molar-refractivity contribution in [1.82, 2.24) is 5.16 Å². The van der Waals surface area contributed by atoms with Gasteiger partial charge in [0, 0.05) is 6.54 Å². The summed E-state index contributed by atoms with van der Waals surface area (Å²) in [7, 11) is 0. The van der Waals surface area contributed by atoms with Gasteiger partial charge in [-0.15, -0.1) is 0 Å². The first-order valence-electron chi connectivity index (χ1n) is 3.89. The van der Waals surface area contributed by atoms with Crippen LogP contribution in [0, 0.1) is 13.8 Å². The highest BCUT2D eigenvalue weighted by Crippen LogP contribution is 2.24. The van der Waals surface area contributed by atoms with Crippen LogP contribution in [0.15, 0.2) is 4.52 Å². The minimum Gasteiger partial charge on any atom is -0.359 e. The van der Waals surface area contributed by atoms with Gasteiger partial charge in [-0.05, 0) is 20.8 Å². The Morgan fingerprint density at radius 3 is 2.54 bits per heavy atom. The lowest BCUT2D eigenvalue weighted by atomic mass is 10.3. The molecule has 0 spiro atoms. The quantitative estimate of drug-likeness (QED) is 0.752. The minimum absolute atomic E-state index is 0.437. The molecule has 0 aliphatic carbocycles. The molecule has 1 atom stereocenters. The molecule has 6 heteroatoms. The molecule has 1 aromatic heterocycles. The van der Waals surface area contributed by atoms with Gasteiger partial charge in [-0.25, -0.2) is 4.21 Å². The Balaban J connectivity index is 3.10. The maximum absolute atomic E-state index is 10.9. The van der Waals surface area contributed by atoms with E-state index in [1.807, 2.05) is 0 Å². The molecule has 0 amide bonds. The smallest absolute Gasteiger partial charge is 0.261 e. The zero-order chi connectivity index (χ0) is 10.0. The summed E-state index contributed by atoms with van der Waals surface area (Å²) in [4.78, 5) is 0. The van der Waals surface area contributed by atoms with Crippen LogP contribution in [0.2, 0.25) is 0 Å². The van der Waals surface area contributed by atoms with Gasteiger partial charge in [0.05, 0.1) is 0 Å². The molecule has 5 nitrogen and oxygen atoms in total. The maximum atomic E-state index is 10.9. The molecule has 0 bridgehead atoms. The van der Waals surface area contributed by atoms with Gasteiger partial charge in [-0.1, -0.05) is 5.16 Å². The van der Waals surface area contributed by atoms with E-state index in [2.05, 4.69) is 5.16 Å². The second kappa shape index (κ2) is 3.89. The predicted molar refractivity (Wildman–Crippen MR) is 49.8 cm³/mol. The molecule has 0 aromatic carbocycles. The molecule has 1 N–H and O–H groups in total. The molecular weight excluding hydrogens is 192 g/mol. The van der Waals surface area contributed by atoms with Crippen LogP contribution >= 0.6 is 0 Å². The molecule has 1 unspecified atom stereocenters. The fourth-order valence-electron chi connectivity index (χ4n) is 1.18. The van der Waals surface area contributed by atoms with Crippen LogP contribution in [-0.2, 0) is 11.3 Å². The summed E-state index contributed by atoms with van der Waals surface area (Å²) < 4.78 is 26.1. The van der Waals surface area contributed by atoms with E-state index in [4.69, 9.17) is 9.08 Å². The molecule has 1 heterocycles. The van der Waals surface area contributed by atoms with Crippen molar-refractivity contribution in [3.63, 3.8) is 0 Å². The van der Waals surface area contributed by atoms with Crippen LogP contribution in [0.3, 0.4) is 0 Å². The largest absolute Gasteiger partial charge is 0.359 e. The van der Waals surface area contributed by atoms with Crippen molar-refractivity contribution in [2.24, 2.45) is 0 Å². The zero-order valence-corrected chi connectivity index (χ0v) is 8.59. The summed E-state index contributed by atoms with van der Waals surface area (Å²) in [5.74, 6) is 0.557. The minimum atomic E-state index is -2.02. The molecule has 0 saturated carbocycles. The summed E-state index contributed by atoms with van der Waals surface area (Å²) in [6, 6.07) is 0. The second-order valence-corrected chi connectivity index (χ2v) is 3.50. The molecule has 0 fully saturated rings. The summed E-state index contributed by atoms with van der Waals surface area (Å²) in [6.07, 6.45) is 0. The number of anilines is 1. The van der Waals surface area contributed by atoms with Crippen molar-refractivity contribution < 1.29 is 13.3 Å². The molecule has 1 rings (SSSR count). The average Bonchev–Trinajstić information content (AvgIpc) is 2.36. The fraction of sp³-hybridized carbons (Fsp3) is 0.571. The Hall–Kier alpha value is -0.880. The van der Waals surface area contributed by atoms with E-state index in [9.17, 15) is 4.21 Å². The van der Waals surface area contributed by atoms with Crippen LogP contribution in [0.1, 0.15) is 18.4 Å². The first kappa shape index (κ1) is 10.2. The van der Waals surface area contributed by atoms with E-state index in [1.54, 1.807) is 20.8 Å². The topological polar surface area (TPSA) is 66.6 Å². The van der Waals surface area contributed by atoms with Gasteiger partial charge in [-0.2, -0.15) is 0 Å². The normalized spacial score (nSPS) is 12.9. The Bertz CT molecular complexity index is 304. The van der Waals surface area contributed by atoms with E-state index in [-0.39, 0.29) is 0 Å². The highest BCUT2D eigenvalue weighted by Gasteiger charge is 2.19. The first-order chi connectivity index (χ1) is 6.07. The molecule has 0 aliphatic rings. The predicted octanol–water partition coefficient (Wildman–Crippen LogP) is 1.25. The molecular formula is C7H12N2O3S. The van der Waals surface area contributed by atoms with Gasteiger partial charge in [0.1, 0.15) is 11.4 Å². The first-order valence-corrected chi connectivity index (χ1v) is 4.95. The lowest BCUT2D eigenvalue weighted by Crippen LogP contribution is -2.25. The van der Waals surface area contributed by atoms with Crippen molar-refractivity contribution in [1.29, 1.82) is 0 Å². The SMILES string of the molecule is CCN(c1c(C)noc1C)S(=O)O. The number of hydrogen-bond acceptors (Lipinski definition) is 3. The molecule has 0 radical (unpaired) electrons. The highest BCUT2D eigenvalue weighted by atomic mass is 32.2. The molecule has 74 valence electrons. The van der Waals surface area contributed by atoms with Gasteiger partial charge in [0.25, 0.3) is 11.3 Å². The van der Waals surface area contributed by atoms with Crippen LogP contribution < -0.4 is 4.31 Å². The monoisotopic (exact) mass is 204 g/mol. The third kappa shape index (κ3) is 1.89. The van der Waals surface area contributed by atoms with Gasteiger partial charge in [-0.3, -0.25) is 8.86 Å². The average molecular weight is 204 g/mol. The highest BCUT2D eigenvalue weighted by molar-refractivity contribution is 7.80. The lowest BCUT2D eigenvalue weighted by Gasteiger charge is -2.16. The van der Waals surface area contributed by atoms with Gasteiger partial charge < -0.3 is 4.52 Å². The van der Waals surface area contributed by atoms with Crippen molar-refractivity contribution in [2.45, 2.75) is 20.8 Å². The summed E-state index contributed by atoms with van der Waals surface area (Å²) in [5, 5.41) is 3.71. The Labute approximate surface area is 79.1 Å². The zero-order valence-electron chi connectivity index (χ0n) is 7.77. The molecule has 0 aliphatic heterocycles.